The molecule has 2 fully saturated rings. The van der Waals surface area contributed by atoms with Crippen LogP contribution >= 0.6 is 0 Å². The number of hydrogen-bond acceptors (Lipinski definition) is 6. The van der Waals surface area contributed by atoms with Crippen LogP contribution in [0, 0.1) is 0 Å². The fraction of sp³-hybridized carbons (Fsp3) is 0.550. The fourth-order valence-electron chi connectivity index (χ4n) is 3.70. The molecule has 2 aromatic rings. The minimum absolute atomic E-state index is 0.347. The summed E-state index contributed by atoms with van der Waals surface area (Å²) >= 11 is 0. The molecule has 0 N–H and O–H groups in total. The maximum atomic E-state index is 6.04. The van der Waals surface area contributed by atoms with Crippen LogP contribution in [0.1, 0.15) is 36.8 Å². The Hall–Kier alpha value is -2.05. The highest BCUT2D eigenvalue weighted by molar-refractivity contribution is 5.30. The zero-order valence-electron chi connectivity index (χ0n) is 15.3. The molecule has 4 heterocycles. The van der Waals surface area contributed by atoms with E-state index < -0.39 is 0 Å². The van der Waals surface area contributed by atoms with E-state index in [0.717, 1.165) is 57.1 Å². The third kappa shape index (κ3) is 4.56. The molecular formula is C20H27N5O. The second kappa shape index (κ2) is 8.56. The number of pyridine rings is 1. The standard InChI is InChI=1S/C20H27N5O/c1-2-9-25(8-1)20-22-13-18(14-23-20)15-24-10-5-19(6-11-24)26-16-17-4-3-7-21-12-17/h3-4,7,12-14,19H,1-2,5-6,8-11,15-16H2. The highest BCUT2D eigenvalue weighted by Gasteiger charge is 2.20. The molecule has 2 aromatic heterocycles. The lowest BCUT2D eigenvalue weighted by Gasteiger charge is -2.31. The predicted octanol–water partition coefficient (Wildman–Crippen LogP) is 2.65. The van der Waals surface area contributed by atoms with Crippen LogP contribution in [0.3, 0.4) is 0 Å². The Labute approximate surface area is 155 Å². The molecule has 6 nitrogen and oxygen atoms in total. The van der Waals surface area contributed by atoms with Crippen molar-refractivity contribution in [1.29, 1.82) is 0 Å². The first-order valence-corrected chi connectivity index (χ1v) is 9.65. The smallest absolute Gasteiger partial charge is 0.225 e. The van der Waals surface area contributed by atoms with Gasteiger partial charge >= 0.3 is 0 Å². The van der Waals surface area contributed by atoms with Gasteiger partial charge in [-0.05, 0) is 37.3 Å². The Morgan fingerprint density at radius 3 is 2.42 bits per heavy atom. The third-order valence-corrected chi connectivity index (χ3v) is 5.23. The van der Waals surface area contributed by atoms with Crippen molar-refractivity contribution >= 4 is 5.95 Å². The molecule has 2 aliphatic heterocycles. The van der Waals surface area contributed by atoms with Crippen molar-refractivity contribution in [3.8, 4) is 0 Å². The van der Waals surface area contributed by atoms with Crippen LogP contribution in [-0.4, -0.2) is 52.1 Å². The van der Waals surface area contributed by atoms with E-state index in [1.165, 1.54) is 18.4 Å². The summed E-state index contributed by atoms with van der Waals surface area (Å²) in [6.07, 6.45) is 12.7. The van der Waals surface area contributed by atoms with Crippen molar-refractivity contribution in [2.24, 2.45) is 0 Å². The van der Waals surface area contributed by atoms with Crippen LogP contribution in [0.15, 0.2) is 36.9 Å². The Kier molecular flexibility index (Phi) is 5.72. The number of aromatic nitrogens is 3. The maximum absolute atomic E-state index is 6.04. The van der Waals surface area contributed by atoms with Crippen molar-refractivity contribution in [3.63, 3.8) is 0 Å². The number of rotatable bonds is 6. The molecule has 0 aromatic carbocycles. The van der Waals surface area contributed by atoms with Crippen molar-refractivity contribution in [2.45, 2.75) is 44.9 Å². The average Bonchev–Trinajstić information content (AvgIpc) is 3.24. The van der Waals surface area contributed by atoms with Crippen molar-refractivity contribution in [3.05, 3.63) is 48.0 Å². The first-order valence-electron chi connectivity index (χ1n) is 9.65. The molecular weight excluding hydrogens is 326 g/mol. The van der Waals surface area contributed by atoms with Gasteiger partial charge in [-0.2, -0.15) is 0 Å². The van der Waals surface area contributed by atoms with E-state index in [1.807, 2.05) is 24.7 Å². The summed E-state index contributed by atoms with van der Waals surface area (Å²) in [4.78, 5) is 18.0. The minimum atomic E-state index is 0.347. The predicted molar refractivity (Wildman–Crippen MR) is 101 cm³/mol. The molecule has 0 atom stereocenters. The summed E-state index contributed by atoms with van der Waals surface area (Å²) in [5.41, 5.74) is 2.34. The van der Waals surface area contributed by atoms with Crippen molar-refractivity contribution < 1.29 is 4.74 Å². The highest BCUT2D eigenvalue weighted by atomic mass is 16.5. The van der Waals surface area contributed by atoms with Gasteiger partial charge in [0.1, 0.15) is 0 Å². The summed E-state index contributed by atoms with van der Waals surface area (Å²) in [6, 6.07) is 4.02. The minimum Gasteiger partial charge on any atom is -0.373 e. The zero-order valence-corrected chi connectivity index (χ0v) is 15.3. The van der Waals surface area contributed by atoms with Crippen LogP contribution < -0.4 is 4.90 Å². The molecule has 26 heavy (non-hydrogen) atoms. The van der Waals surface area contributed by atoms with Gasteiger partial charge in [-0.1, -0.05) is 6.07 Å². The third-order valence-electron chi connectivity index (χ3n) is 5.23. The second-order valence-corrected chi connectivity index (χ2v) is 7.23. The molecule has 6 heteroatoms. The summed E-state index contributed by atoms with van der Waals surface area (Å²) in [5.74, 6) is 0.883. The largest absolute Gasteiger partial charge is 0.373 e. The van der Waals surface area contributed by atoms with Gasteiger partial charge in [0.15, 0.2) is 0 Å². The second-order valence-electron chi connectivity index (χ2n) is 7.23. The fourth-order valence-corrected chi connectivity index (χ4v) is 3.70. The van der Waals surface area contributed by atoms with E-state index in [-0.39, 0.29) is 0 Å². The number of nitrogens with zero attached hydrogens (tertiary/aromatic N) is 5. The molecule has 0 bridgehead atoms. The van der Waals surface area contributed by atoms with Crippen molar-refractivity contribution in [2.75, 3.05) is 31.1 Å². The normalized spacial score (nSPS) is 19.2. The van der Waals surface area contributed by atoms with E-state index >= 15 is 0 Å². The topological polar surface area (TPSA) is 54.4 Å². The molecule has 0 saturated carbocycles. The molecule has 0 radical (unpaired) electrons. The molecule has 0 unspecified atom stereocenters. The van der Waals surface area contributed by atoms with Gasteiger partial charge in [0.05, 0.1) is 12.7 Å². The van der Waals surface area contributed by atoms with Gasteiger partial charge in [0, 0.05) is 63.1 Å². The summed E-state index contributed by atoms with van der Waals surface area (Å²) in [5, 5.41) is 0. The van der Waals surface area contributed by atoms with E-state index in [9.17, 15) is 0 Å². The van der Waals surface area contributed by atoms with Gasteiger partial charge in [0.2, 0.25) is 5.95 Å². The summed E-state index contributed by atoms with van der Waals surface area (Å²) in [6.45, 7) is 5.88. The Balaban J connectivity index is 1.21. The number of hydrogen-bond donors (Lipinski definition) is 0. The highest BCUT2D eigenvalue weighted by Crippen LogP contribution is 2.19. The van der Waals surface area contributed by atoms with Gasteiger partial charge in [0.25, 0.3) is 0 Å². The van der Waals surface area contributed by atoms with Crippen LogP contribution in [0.4, 0.5) is 5.95 Å². The van der Waals surface area contributed by atoms with Crippen molar-refractivity contribution in [1.82, 2.24) is 19.9 Å². The van der Waals surface area contributed by atoms with E-state index in [0.29, 0.717) is 12.7 Å². The number of likely N-dealkylation sites (tertiary alicyclic amines) is 1. The molecule has 4 rings (SSSR count). The zero-order chi connectivity index (χ0) is 17.6. The van der Waals surface area contributed by atoms with Crippen LogP contribution in [0.5, 0.6) is 0 Å². The molecule has 0 aliphatic carbocycles. The number of ether oxygens (including phenoxy) is 1. The number of piperidine rings is 1. The molecule has 138 valence electrons. The number of anilines is 1. The average molecular weight is 353 g/mol. The first-order chi connectivity index (χ1) is 12.9. The lowest BCUT2D eigenvalue weighted by Crippen LogP contribution is -2.36. The molecule has 2 saturated heterocycles. The Morgan fingerprint density at radius 2 is 1.73 bits per heavy atom. The van der Waals surface area contributed by atoms with E-state index in [1.54, 1.807) is 6.20 Å². The van der Waals surface area contributed by atoms with Gasteiger partial charge in [-0.25, -0.2) is 9.97 Å². The van der Waals surface area contributed by atoms with Crippen LogP contribution in [0.25, 0.3) is 0 Å². The van der Waals surface area contributed by atoms with Crippen LogP contribution in [-0.2, 0) is 17.9 Å². The van der Waals surface area contributed by atoms with E-state index in [4.69, 9.17) is 4.74 Å². The summed E-state index contributed by atoms with van der Waals surface area (Å²) < 4.78 is 6.04. The Bertz CT molecular complexity index is 664. The monoisotopic (exact) mass is 353 g/mol. The molecule has 0 spiro atoms. The quantitative estimate of drug-likeness (QED) is 0.796. The molecule has 0 amide bonds. The summed E-state index contributed by atoms with van der Waals surface area (Å²) in [7, 11) is 0. The van der Waals surface area contributed by atoms with E-state index in [2.05, 4.69) is 30.8 Å². The van der Waals surface area contributed by atoms with Gasteiger partial charge < -0.3 is 9.64 Å². The SMILES string of the molecule is c1cncc(COC2CCN(Cc3cnc(N4CCCC4)nc3)CC2)c1. The lowest BCUT2D eigenvalue weighted by atomic mass is 10.1. The van der Waals surface area contributed by atoms with Crippen LogP contribution in [0.2, 0.25) is 0 Å². The van der Waals surface area contributed by atoms with Gasteiger partial charge in [-0.3, -0.25) is 9.88 Å². The maximum Gasteiger partial charge on any atom is 0.225 e. The van der Waals surface area contributed by atoms with Gasteiger partial charge in [-0.15, -0.1) is 0 Å². The Morgan fingerprint density at radius 1 is 0.962 bits per heavy atom. The first kappa shape index (κ1) is 17.4. The lowest BCUT2D eigenvalue weighted by molar-refractivity contribution is -0.00406. The molecule has 2 aliphatic rings.